The third kappa shape index (κ3) is 2.33. The van der Waals surface area contributed by atoms with Gasteiger partial charge in [0.1, 0.15) is 11.6 Å². The van der Waals surface area contributed by atoms with Crippen LogP contribution in [0.15, 0.2) is 29.0 Å². The molecule has 2 heterocycles. The summed E-state index contributed by atoms with van der Waals surface area (Å²) in [4.78, 5) is 8.56. The monoisotopic (exact) mass is 334 g/mol. The lowest BCUT2D eigenvalue weighted by atomic mass is 10.1. The molecule has 0 aliphatic heterocycles. The normalized spacial score (nSPS) is 10.9. The maximum atomic E-state index is 4.41. The molecule has 19 heavy (non-hydrogen) atoms. The quantitative estimate of drug-likeness (QED) is 0.762. The molecule has 0 radical (unpaired) electrons. The van der Waals surface area contributed by atoms with Crippen molar-refractivity contribution in [3.05, 3.63) is 40.4 Å². The average molecular weight is 335 g/mol. The molecule has 3 aromatic rings. The molecule has 1 N–H and O–H groups in total. The third-order valence-corrected chi connectivity index (χ3v) is 4.20. The van der Waals surface area contributed by atoms with Gasteiger partial charge in [-0.2, -0.15) is 4.37 Å². The van der Waals surface area contributed by atoms with Gasteiger partial charge < -0.3 is 5.32 Å². The Morgan fingerprint density at radius 3 is 2.89 bits per heavy atom. The number of fused-ring (bicyclic) bond motifs is 1. The van der Waals surface area contributed by atoms with Crippen molar-refractivity contribution in [2.75, 3.05) is 5.32 Å². The number of nitrogens with zero attached hydrogens (tertiary/aromatic N) is 3. The van der Waals surface area contributed by atoms with Crippen LogP contribution in [0.25, 0.3) is 10.1 Å². The number of hydrogen-bond acceptors (Lipinski definition) is 5. The topological polar surface area (TPSA) is 50.7 Å². The van der Waals surface area contributed by atoms with Crippen molar-refractivity contribution in [2.24, 2.45) is 0 Å². The summed E-state index contributed by atoms with van der Waals surface area (Å²) >= 11 is 4.96. The van der Waals surface area contributed by atoms with Crippen LogP contribution in [0.1, 0.15) is 11.4 Å². The van der Waals surface area contributed by atoms with Crippen molar-refractivity contribution in [3.63, 3.8) is 0 Å². The lowest BCUT2D eigenvalue weighted by Crippen LogP contribution is -1.99. The summed E-state index contributed by atoms with van der Waals surface area (Å²) in [5, 5.41) is 4.50. The van der Waals surface area contributed by atoms with Crippen LogP contribution < -0.4 is 5.32 Å². The summed E-state index contributed by atoms with van der Waals surface area (Å²) in [6.07, 6.45) is 3.64. The van der Waals surface area contributed by atoms with Gasteiger partial charge >= 0.3 is 0 Å². The van der Waals surface area contributed by atoms with E-state index in [2.05, 4.69) is 54.6 Å². The lowest BCUT2D eigenvalue weighted by Gasteiger charge is -2.11. The highest BCUT2D eigenvalue weighted by molar-refractivity contribution is 9.10. The second-order valence-electron chi connectivity index (χ2n) is 4.23. The zero-order valence-corrected chi connectivity index (χ0v) is 12.8. The average Bonchev–Trinajstić information content (AvgIpc) is 2.85. The Morgan fingerprint density at radius 1 is 1.21 bits per heavy atom. The van der Waals surface area contributed by atoms with E-state index in [1.165, 1.54) is 11.5 Å². The van der Waals surface area contributed by atoms with Crippen LogP contribution in [0.4, 0.5) is 11.5 Å². The molecule has 1 aromatic carbocycles. The van der Waals surface area contributed by atoms with Gasteiger partial charge in [-0.3, -0.25) is 0 Å². The second kappa shape index (κ2) is 4.86. The summed E-state index contributed by atoms with van der Waals surface area (Å²) in [6, 6.07) is 4.18. The van der Waals surface area contributed by atoms with Gasteiger partial charge in [0, 0.05) is 11.6 Å². The van der Waals surface area contributed by atoms with Gasteiger partial charge in [-0.25, -0.2) is 9.97 Å². The number of aryl methyl sites for hydroxylation is 2. The van der Waals surface area contributed by atoms with Crippen molar-refractivity contribution in [1.82, 2.24) is 14.3 Å². The first kappa shape index (κ1) is 12.5. The van der Waals surface area contributed by atoms with Crippen molar-refractivity contribution in [3.8, 4) is 0 Å². The molecule has 0 saturated carbocycles. The van der Waals surface area contributed by atoms with E-state index in [0.29, 0.717) is 0 Å². The van der Waals surface area contributed by atoms with E-state index in [9.17, 15) is 0 Å². The zero-order chi connectivity index (χ0) is 13.4. The SMILES string of the molecule is Cc1ncc(Br)c(Nc2c(C)ccc3sncc23)n1. The fourth-order valence-electron chi connectivity index (χ4n) is 1.88. The summed E-state index contributed by atoms with van der Waals surface area (Å²) in [5.41, 5.74) is 2.21. The molecule has 6 heteroatoms. The Hall–Kier alpha value is -1.53. The molecule has 0 fully saturated rings. The second-order valence-corrected chi connectivity index (χ2v) is 5.92. The molecule has 0 unspecified atom stereocenters. The van der Waals surface area contributed by atoms with Crippen LogP contribution in [0, 0.1) is 13.8 Å². The van der Waals surface area contributed by atoms with E-state index >= 15 is 0 Å². The molecule has 3 rings (SSSR count). The largest absolute Gasteiger partial charge is 0.338 e. The fraction of sp³-hybridized carbons (Fsp3) is 0.154. The number of benzene rings is 1. The maximum Gasteiger partial charge on any atom is 0.148 e. The van der Waals surface area contributed by atoms with Gasteiger partial charge in [-0.05, 0) is 52.9 Å². The molecule has 0 aliphatic carbocycles. The summed E-state index contributed by atoms with van der Waals surface area (Å²) in [7, 11) is 0. The van der Waals surface area contributed by atoms with Crippen LogP contribution >= 0.6 is 27.5 Å². The third-order valence-electron chi connectivity index (χ3n) is 2.85. The van der Waals surface area contributed by atoms with Crippen LogP contribution in [0.3, 0.4) is 0 Å². The first-order valence-electron chi connectivity index (χ1n) is 5.75. The molecule has 4 nitrogen and oxygen atoms in total. The first-order chi connectivity index (χ1) is 9.15. The first-order valence-corrected chi connectivity index (χ1v) is 7.32. The summed E-state index contributed by atoms with van der Waals surface area (Å²) in [5.74, 6) is 1.51. The van der Waals surface area contributed by atoms with Gasteiger partial charge in [-0.1, -0.05) is 6.07 Å². The smallest absolute Gasteiger partial charge is 0.148 e. The Bertz CT molecular complexity index is 753. The maximum absolute atomic E-state index is 4.41. The van der Waals surface area contributed by atoms with Crippen LogP contribution in [0.5, 0.6) is 0 Å². The van der Waals surface area contributed by atoms with Crippen LogP contribution in [0.2, 0.25) is 0 Å². The van der Waals surface area contributed by atoms with Crippen molar-refractivity contribution in [1.29, 1.82) is 0 Å². The Balaban J connectivity index is 2.12. The summed E-state index contributed by atoms with van der Waals surface area (Å²) in [6.45, 7) is 3.94. The molecule has 0 atom stereocenters. The van der Waals surface area contributed by atoms with Gasteiger partial charge in [0.15, 0.2) is 0 Å². The minimum absolute atomic E-state index is 0.735. The van der Waals surface area contributed by atoms with Crippen LogP contribution in [-0.2, 0) is 0 Å². The standard InChI is InChI=1S/C13H11BrN4S/c1-7-3-4-11-9(5-16-19-11)12(7)18-13-10(14)6-15-8(2)17-13/h3-6H,1-2H3,(H,15,17,18). The van der Waals surface area contributed by atoms with E-state index in [1.54, 1.807) is 6.20 Å². The number of nitrogens with one attached hydrogen (secondary N) is 1. The highest BCUT2D eigenvalue weighted by Gasteiger charge is 2.10. The molecule has 0 aliphatic rings. The number of aromatic nitrogens is 3. The number of anilines is 2. The number of rotatable bonds is 2. The molecule has 0 spiro atoms. The van der Waals surface area contributed by atoms with E-state index in [0.717, 1.165) is 37.5 Å². The van der Waals surface area contributed by atoms with Crippen molar-refractivity contribution >= 4 is 49.1 Å². The van der Waals surface area contributed by atoms with E-state index < -0.39 is 0 Å². The lowest BCUT2D eigenvalue weighted by molar-refractivity contribution is 1.05. The van der Waals surface area contributed by atoms with Gasteiger partial charge in [-0.15, -0.1) is 0 Å². The number of hydrogen-bond donors (Lipinski definition) is 1. The molecule has 2 aromatic heterocycles. The Morgan fingerprint density at radius 2 is 2.05 bits per heavy atom. The predicted octanol–water partition coefficient (Wildman–Crippen LogP) is 4.21. The number of halogens is 1. The minimum atomic E-state index is 0.735. The molecular formula is C13H11BrN4S. The summed E-state index contributed by atoms with van der Waals surface area (Å²) < 4.78 is 6.25. The van der Waals surface area contributed by atoms with Crippen molar-refractivity contribution < 1.29 is 0 Å². The highest BCUT2D eigenvalue weighted by atomic mass is 79.9. The van der Waals surface area contributed by atoms with Crippen LogP contribution in [-0.4, -0.2) is 14.3 Å². The highest BCUT2D eigenvalue weighted by Crippen LogP contribution is 2.33. The van der Waals surface area contributed by atoms with Gasteiger partial charge in [0.2, 0.25) is 0 Å². The molecule has 0 saturated heterocycles. The zero-order valence-electron chi connectivity index (χ0n) is 10.4. The Labute approximate surface area is 123 Å². The minimum Gasteiger partial charge on any atom is -0.338 e. The molecular weight excluding hydrogens is 324 g/mol. The van der Waals surface area contributed by atoms with Gasteiger partial charge in [0.25, 0.3) is 0 Å². The fourth-order valence-corrected chi connectivity index (χ4v) is 2.82. The van der Waals surface area contributed by atoms with E-state index in [1.807, 2.05) is 13.1 Å². The van der Waals surface area contributed by atoms with Gasteiger partial charge in [0.05, 0.1) is 21.1 Å². The predicted molar refractivity (Wildman–Crippen MR) is 82.1 cm³/mol. The van der Waals surface area contributed by atoms with E-state index in [-0.39, 0.29) is 0 Å². The molecule has 0 amide bonds. The molecule has 0 bridgehead atoms. The molecule has 96 valence electrons. The Kier molecular flexibility index (Phi) is 3.20. The van der Waals surface area contributed by atoms with E-state index in [4.69, 9.17) is 0 Å². The van der Waals surface area contributed by atoms with Crippen molar-refractivity contribution in [2.45, 2.75) is 13.8 Å².